The number of amides is 2. The zero-order chi connectivity index (χ0) is 16.5. The molecule has 0 radical (unpaired) electrons. The van der Waals surface area contributed by atoms with Crippen LogP contribution in [0.5, 0.6) is 0 Å². The van der Waals surface area contributed by atoms with Crippen molar-refractivity contribution in [1.29, 1.82) is 0 Å². The van der Waals surface area contributed by atoms with E-state index in [2.05, 4.69) is 5.32 Å². The van der Waals surface area contributed by atoms with E-state index in [1.54, 1.807) is 0 Å². The first-order valence-electron chi connectivity index (χ1n) is 6.89. The second kappa shape index (κ2) is 6.02. The molecule has 0 aromatic carbocycles. The van der Waals surface area contributed by atoms with Crippen LogP contribution in [0.15, 0.2) is 16.7 Å². The quantitative estimate of drug-likeness (QED) is 0.910. The first-order chi connectivity index (χ1) is 10.2. The summed E-state index contributed by atoms with van der Waals surface area (Å²) in [5.74, 6) is -0.793. The molecule has 122 valence electrons. The van der Waals surface area contributed by atoms with E-state index in [1.165, 1.54) is 26.2 Å². The van der Waals surface area contributed by atoms with Crippen molar-refractivity contribution in [3.63, 3.8) is 0 Å². The number of aryl methyl sites for hydroxylation is 1. The molecule has 2 heterocycles. The molecule has 2 amide bonds. The number of nitrogens with one attached hydrogen (secondary N) is 1. The van der Waals surface area contributed by atoms with Gasteiger partial charge in [-0.3, -0.25) is 9.59 Å². The summed E-state index contributed by atoms with van der Waals surface area (Å²) < 4.78 is 44.5. The molecule has 1 fully saturated rings. The molecule has 0 spiro atoms. The summed E-state index contributed by atoms with van der Waals surface area (Å²) in [4.78, 5) is 24.3. The number of hydrogen-bond acceptors (Lipinski definition) is 3. The lowest BCUT2D eigenvalue weighted by Crippen LogP contribution is -2.58. The predicted molar refractivity (Wildman–Crippen MR) is 71.2 cm³/mol. The predicted octanol–water partition coefficient (Wildman–Crippen LogP) is 2.26. The minimum atomic E-state index is -4.51. The standard InChI is InChI=1S/C14H17F3N2O3/c1-8-11(5-6-22-8)13(21)19-7-10(18-9(2)20)3-4-12(19)14(15,16)17/h5-6,10,12H,3-4,7H2,1-2H3,(H,18,20)/t10-,12+/m1/s1. The molecule has 2 rings (SSSR count). The fourth-order valence-corrected chi connectivity index (χ4v) is 2.70. The van der Waals surface area contributed by atoms with Crippen molar-refractivity contribution >= 4 is 11.8 Å². The average Bonchev–Trinajstić information content (AvgIpc) is 2.82. The first-order valence-corrected chi connectivity index (χ1v) is 6.89. The van der Waals surface area contributed by atoms with Crippen LogP contribution in [0.4, 0.5) is 13.2 Å². The second-order valence-corrected chi connectivity index (χ2v) is 5.38. The SMILES string of the molecule is CC(=O)N[C@@H]1CC[C@@H](C(F)(F)F)N(C(=O)c2ccoc2C)C1. The van der Waals surface area contributed by atoms with Crippen molar-refractivity contribution in [2.75, 3.05) is 6.54 Å². The van der Waals surface area contributed by atoms with Gasteiger partial charge in [-0.25, -0.2) is 0 Å². The van der Waals surface area contributed by atoms with Crippen LogP contribution in [-0.4, -0.2) is 41.5 Å². The number of rotatable bonds is 2. The van der Waals surface area contributed by atoms with E-state index >= 15 is 0 Å². The maximum Gasteiger partial charge on any atom is 0.408 e. The lowest BCUT2D eigenvalue weighted by Gasteiger charge is -2.40. The van der Waals surface area contributed by atoms with Crippen LogP contribution in [0, 0.1) is 6.92 Å². The van der Waals surface area contributed by atoms with E-state index in [0.717, 1.165) is 4.90 Å². The highest BCUT2D eigenvalue weighted by Gasteiger charge is 2.48. The Kier molecular flexibility index (Phi) is 4.48. The molecule has 8 heteroatoms. The molecular weight excluding hydrogens is 301 g/mol. The lowest BCUT2D eigenvalue weighted by molar-refractivity contribution is -0.184. The highest BCUT2D eigenvalue weighted by molar-refractivity contribution is 5.95. The number of carbonyl (C=O) groups is 2. The second-order valence-electron chi connectivity index (χ2n) is 5.38. The van der Waals surface area contributed by atoms with E-state index in [1.807, 2.05) is 0 Å². The zero-order valence-electron chi connectivity index (χ0n) is 12.2. The highest BCUT2D eigenvalue weighted by Crippen LogP contribution is 2.33. The van der Waals surface area contributed by atoms with Gasteiger partial charge in [0, 0.05) is 19.5 Å². The average molecular weight is 318 g/mol. The largest absolute Gasteiger partial charge is 0.469 e. The van der Waals surface area contributed by atoms with Gasteiger partial charge < -0.3 is 14.6 Å². The fraction of sp³-hybridized carbons (Fsp3) is 0.571. The Bertz CT molecular complexity index is 568. The molecule has 0 aliphatic carbocycles. The van der Waals surface area contributed by atoms with Crippen molar-refractivity contribution < 1.29 is 27.2 Å². The normalized spacial score (nSPS) is 22.5. The van der Waals surface area contributed by atoms with Crippen LogP contribution in [0.25, 0.3) is 0 Å². The number of hydrogen-bond donors (Lipinski definition) is 1. The fourth-order valence-electron chi connectivity index (χ4n) is 2.70. The maximum absolute atomic E-state index is 13.2. The van der Waals surface area contributed by atoms with E-state index in [4.69, 9.17) is 4.42 Å². The molecule has 0 saturated carbocycles. The van der Waals surface area contributed by atoms with Crippen LogP contribution >= 0.6 is 0 Å². The van der Waals surface area contributed by atoms with Gasteiger partial charge in [0.1, 0.15) is 11.8 Å². The van der Waals surface area contributed by atoms with Crippen LogP contribution in [0.2, 0.25) is 0 Å². The summed E-state index contributed by atoms with van der Waals surface area (Å²) in [7, 11) is 0. The molecule has 1 saturated heterocycles. The van der Waals surface area contributed by atoms with Crippen LogP contribution in [0.1, 0.15) is 35.9 Å². The van der Waals surface area contributed by atoms with Crippen LogP contribution in [-0.2, 0) is 4.79 Å². The summed E-state index contributed by atoms with van der Waals surface area (Å²) in [6, 6.07) is -0.973. The monoisotopic (exact) mass is 318 g/mol. The highest BCUT2D eigenvalue weighted by atomic mass is 19.4. The molecular formula is C14H17F3N2O3. The van der Waals surface area contributed by atoms with Crippen molar-refractivity contribution in [3.05, 3.63) is 23.7 Å². The Morgan fingerprint density at radius 3 is 2.55 bits per heavy atom. The third-order valence-corrected chi connectivity index (χ3v) is 3.72. The molecule has 0 unspecified atom stereocenters. The van der Waals surface area contributed by atoms with Crippen molar-refractivity contribution in [2.45, 2.75) is 44.9 Å². The topological polar surface area (TPSA) is 62.6 Å². The number of piperidine rings is 1. The maximum atomic E-state index is 13.2. The summed E-state index contributed by atoms with van der Waals surface area (Å²) >= 11 is 0. The molecule has 5 nitrogen and oxygen atoms in total. The van der Waals surface area contributed by atoms with E-state index < -0.39 is 24.2 Å². The van der Waals surface area contributed by atoms with Crippen LogP contribution < -0.4 is 5.32 Å². The molecule has 2 atom stereocenters. The van der Waals surface area contributed by atoms with Gasteiger partial charge in [0.25, 0.3) is 5.91 Å². The minimum Gasteiger partial charge on any atom is -0.469 e. The van der Waals surface area contributed by atoms with E-state index in [0.29, 0.717) is 0 Å². The molecule has 0 bridgehead atoms. The Balaban J connectivity index is 2.25. The van der Waals surface area contributed by atoms with Crippen molar-refractivity contribution in [2.24, 2.45) is 0 Å². The third-order valence-electron chi connectivity index (χ3n) is 3.72. The molecule has 1 aromatic heterocycles. The third kappa shape index (κ3) is 3.42. The molecule has 1 aliphatic heterocycles. The number of halogens is 3. The van der Waals surface area contributed by atoms with E-state index in [9.17, 15) is 22.8 Å². The number of nitrogens with zero attached hydrogens (tertiary/aromatic N) is 1. The van der Waals surface area contributed by atoms with Gasteiger partial charge in [-0.1, -0.05) is 0 Å². The Morgan fingerprint density at radius 1 is 1.36 bits per heavy atom. The Labute approximate surface area is 125 Å². The lowest BCUT2D eigenvalue weighted by atomic mass is 9.96. The Hall–Kier alpha value is -1.99. The van der Waals surface area contributed by atoms with Crippen molar-refractivity contribution in [1.82, 2.24) is 10.2 Å². The number of furan rings is 1. The number of likely N-dealkylation sites (tertiary alicyclic amines) is 1. The number of carbonyl (C=O) groups excluding carboxylic acids is 2. The molecule has 1 N–H and O–H groups in total. The summed E-state index contributed by atoms with van der Waals surface area (Å²) in [5.41, 5.74) is 0.109. The van der Waals surface area contributed by atoms with Crippen LogP contribution in [0.3, 0.4) is 0 Å². The van der Waals surface area contributed by atoms with Gasteiger partial charge in [-0.05, 0) is 25.8 Å². The van der Waals surface area contributed by atoms with Crippen molar-refractivity contribution in [3.8, 4) is 0 Å². The minimum absolute atomic E-state index is 0.109. The number of alkyl halides is 3. The molecule has 1 aliphatic rings. The van der Waals surface area contributed by atoms with Gasteiger partial charge in [0.15, 0.2) is 0 Å². The molecule has 1 aromatic rings. The Morgan fingerprint density at radius 2 is 2.05 bits per heavy atom. The zero-order valence-corrected chi connectivity index (χ0v) is 12.2. The smallest absolute Gasteiger partial charge is 0.408 e. The van der Waals surface area contributed by atoms with Gasteiger partial charge >= 0.3 is 6.18 Å². The first kappa shape index (κ1) is 16.4. The molecule has 22 heavy (non-hydrogen) atoms. The summed E-state index contributed by atoms with van der Waals surface area (Å²) in [5, 5.41) is 2.57. The summed E-state index contributed by atoms with van der Waals surface area (Å²) in [6.45, 7) is 2.64. The summed E-state index contributed by atoms with van der Waals surface area (Å²) in [6.07, 6.45) is -3.30. The van der Waals surface area contributed by atoms with Gasteiger partial charge in [0.2, 0.25) is 5.91 Å². The van der Waals surface area contributed by atoms with Gasteiger partial charge in [-0.2, -0.15) is 13.2 Å². The van der Waals surface area contributed by atoms with Gasteiger partial charge in [0.05, 0.1) is 11.8 Å². The van der Waals surface area contributed by atoms with E-state index in [-0.39, 0.29) is 36.6 Å². The van der Waals surface area contributed by atoms with Gasteiger partial charge in [-0.15, -0.1) is 0 Å².